The molecule has 0 atom stereocenters. The Bertz CT molecular complexity index is 803. The van der Waals surface area contributed by atoms with Gasteiger partial charge in [-0.05, 0) is 37.3 Å². The molecule has 2 aromatic heterocycles. The van der Waals surface area contributed by atoms with E-state index in [2.05, 4.69) is 26.6 Å². The lowest BCUT2D eigenvalue weighted by atomic mass is 9.95. The Kier molecular flexibility index (Phi) is 5.17. The summed E-state index contributed by atoms with van der Waals surface area (Å²) in [6.07, 6.45) is 6.59. The molecule has 1 saturated heterocycles. The number of fused-ring (bicyclic) bond motifs is 1. The molecule has 0 N–H and O–H groups in total. The average Bonchev–Trinajstić information content (AvgIpc) is 2.98. The van der Waals surface area contributed by atoms with E-state index in [0.29, 0.717) is 6.54 Å². The molecule has 140 valence electrons. The van der Waals surface area contributed by atoms with Gasteiger partial charge >= 0.3 is 0 Å². The SMILES string of the molecule is Cn1nc2c(c1CN1CCN(CCn3ncccc3=O)CC1)CCCC2. The summed E-state index contributed by atoms with van der Waals surface area (Å²) in [5.74, 6) is 0. The third kappa shape index (κ3) is 3.73. The van der Waals surface area contributed by atoms with Gasteiger partial charge in [-0.15, -0.1) is 0 Å². The van der Waals surface area contributed by atoms with Crippen LogP contribution in [0, 0.1) is 0 Å². The Morgan fingerprint density at radius 1 is 1.04 bits per heavy atom. The van der Waals surface area contributed by atoms with E-state index in [4.69, 9.17) is 5.10 Å². The van der Waals surface area contributed by atoms with Crippen molar-refractivity contribution >= 4 is 0 Å². The highest BCUT2D eigenvalue weighted by Crippen LogP contribution is 2.24. The van der Waals surface area contributed by atoms with Crippen LogP contribution in [-0.2, 0) is 33.0 Å². The van der Waals surface area contributed by atoms with Crippen LogP contribution in [0.1, 0.15) is 29.8 Å². The first kappa shape index (κ1) is 17.4. The van der Waals surface area contributed by atoms with Gasteiger partial charge in [-0.2, -0.15) is 10.2 Å². The molecule has 0 aromatic carbocycles. The summed E-state index contributed by atoms with van der Waals surface area (Å²) in [5, 5.41) is 8.88. The Morgan fingerprint density at radius 2 is 1.81 bits per heavy atom. The first-order valence-electron chi connectivity index (χ1n) is 9.71. The van der Waals surface area contributed by atoms with Crippen molar-refractivity contribution in [1.82, 2.24) is 29.4 Å². The van der Waals surface area contributed by atoms with Gasteiger partial charge in [0.2, 0.25) is 0 Å². The van der Waals surface area contributed by atoms with Crippen molar-refractivity contribution in [3.63, 3.8) is 0 Å². The van der Waals surface area contributed by atoms with Crippen LogP contribution in [0.25, 0.3) is 0 Å². The molecule has 1 aliphatic carbocycles. The molecule has 2 aliphatic rings. The van der Waals surface area contributed by atoms with Crippen molar-refractivity contribution in [2.75, 3.05) is 32.7 Å². The van der Waals surface area contributed by atoms with E-state index in [-0.39, 0.29) is 5.56 Å². The van der Waals surface area contributed by atoms with Crippen LogP contribution >= 0.6 is 0 Å². The fourth-order valence-corrected chi connectivity index (χ4v) is 4.12. The highest BCUT2D eigenvalue weighted by atomic mass is 16.1. The summed E-state index contributed by atoms with van der Waals surface area (Å²) in [4.78, 5) is 16.7. The van der Waals surface area contributed by atoms with Crippen molar-refractivity contribution in [3.05, 3.63) is 45.6 Å². The molecular weight excluding hydrogens is 328 g/mol. The Balaban J connectivity index is 1.30. The molecule has 26 heavy (non-hydrogen) atoms. The Morgan fingerprint density at radius 3 is 2.62 bits per heavy atom. The molecule has 7 heteroatoms. The average molecular weight is 356 g/mol. The van der Waals surface area contributed by atoms with Gasteiger partial charge in [0.05, 0.1) is 17.9 Å². The number of hydrogen-bond acceptors (Lipinski definition) is 5. The lowest BCUT2D eigenvalue weighted by Crippen LogP contribution is -2.47. The number of nitrogens with zero attached hydrogens (tertiary/aromatic N) is 6. The number of aryl methyl sites for hydroxylation is 2. The normalized spacial score (nSPS) is 18.8. The second kappa shape index (κ2) is 7.72. The van der Waals surface area contributed by atoms with Gasteiger partial charge in [-0.25, -0.2) is 4.68 Å². The van der Waals surface area contributed by atoms with Crippen molar-refractivity contribution in [3.8, 4) is 0 Å². The molecule has 0 amide bonds. The molecule has 7 nitrogen and oxygen atoms in total. The summed E-state index contributed by atoms with van der Waals surface area (Å²) in [5.41, 5.74) is 4.23. The van der Waals surface area contributed by atoms with E-state index < -0.39 is 0 Å². The molecule has 0 bridgehead atoms. The topological polar surface area (TPSA) is 59.2 Å². The molecule has 0 radical (unpaired) electrons. The van der Waals surface area contributed by atoms with Crippen LogP contribution in [0.4, 0.5) is 0 Å². The molecule has 1 aliphatic heterocycles. The molecule has 4 rings (SSSR count). The summed E-state index contributed by atoms with van der Waals surface area (Å²) in [6.45, 7) is 6.77. The van der Waals surface area contributed by atoms with Gasteiger partial charge in [0.25, 0.3) is 5.56 Å². The zero-order valence-corrected chi connectivity index (χ0v) is 15.6. The standard InChI is InChI=1S/C19H28N6O/c1-22-18(16-5-2-3-6-17(16)21-22)15-24-11-9-23(10-12-24)13-14-25-19(26)7-4-8-20-25/h4,7-8H,2-3,5-6,9-15H2,1H3. The predicted octanol–water partition coefficient (Wildman–Crippen LogP) is 0.673. The third-order valence-corrected chi connectivity index (χ3v) is 5.70. The van der Waals surface area contributed by atoms with E-state index in [1.165, 1.54) is 36.2 Å². The van der Waals surface area contributed by atoms with E-state index in [0.717, 1.165) is 45.7 Å². The maximum absolute atomic E-state index is 11.7. The summed E-state index contributed by atoms with van der Waals surface area (Å²) >= 11 is 0. The number of rotatable bonds is 5. The highest BCUT2D eigenvalue weighted by molar-refractivity contribution is 5.28. The van der Waals surface area contributed by atoms with Gasteiger partial charge in [0.1, 0.15) is 0 Å². The lowest BCUT2D eigenvalue weighted by molar-refractivity contribution is 0.120. The van der Waals surface area contributed by atoms with Gasteiger partial charge in [0.15, 0.2) is 0 Å². The van der Waals surface area contributed by atoms with Crippen LogP contribution in [0.5, 0.6) is 0 Å². The van der Waals surface area contributed by atoms with Crippen LogP contribution in [-0.4, -0.2) is 62.1 Å². The van der Waals surface area contributed by atoms with Crippen LogP contribution in [0.15, 0.2) is 23.1 Å². The first-order chi connectivity index (χ1) is 12.7. The maximum Gasteiger partial charge on any atom is 0.266 e. The number of aromatic nitrogens is 4. The summed E-state index contributed by atoms with van der Waals surface area (Å²) in [7, 11) is 2.09. The number of piperazine rings is 1. The quantitative estimate of drug-likeness (QED) is 0.788. The fourth-order valence-electron chi connectivity index (χ4n) is 4.12. The molecule has 0 saturated carbocycles. The van der Waals surface area contributed by atoms with E-state index in [1.54, 1.807) is 23.0 Å². The van der Waals surface area contributed by atoms with Crippen molar-refractivity contribution in [2.24, 2.45) is 7.05 Å². The fraction of sp³-hybridized carbons (Fsp3) is 0.632. The van der Waals surface area contributed by atoms with Gasteiger partial charge in [-0.1, -0.05) is 0 Å². The number of hydrogen-bond donors (Lipinski definition) is 0. The maximum atomic E-state index is 11.7. The summed E-state index contributed by atoms with van der Waals surface area (Å²) < 4.78 is 3.66. The predicted molar refractivity (Wildman–Crippen MR) is 100 cm³/mol. The zero-order chi connectivity index (χ0) is 17.9. The van der Waals surface area contributed by atoms with Crippen molar-refractivity contribution < 1.29 is 0 Å². The van der Waals surface area contributed by atoms with Crippen LogP contribution in [0.3, 0.4) is 0 Å². The minimum atomic E-state index is -0.0212. The van der Waals surface area contributed by atoms with Gasteiger partial charge < -0.3 is 0 Å². The van der Waals surface area contributed by atoms with Gasteiger partial charge in [-0.3, -0.25) is 19.3 Å². The molecule has 1 fully saturated rings. The van der Waals surface area contributed by atoms with Crippen LogP contribution in [0.2, 0.25) is 0 Å². The monoisotopic (exact) mass is 356 g/mol. The molecule has 2 aromatic rings. The summed E-state index contributed by atoms with van der Waals surface area (Å²) in [6, 6.07) is 3.26. The van der Waals surface area contributed by atoms with Gasteiger partial charge in [0, 0.05) is 58.6 Å². The largest absolute Gasteiger partial charge is 0.299 e. The minimum absolute atomic E-state index is 0.0212. The van der Waals surface area contributed by atoms with E-state index in [1.807, 2.05) is 0 Å². The first-order valence-corrected chi connectivity index (χ1v) is 9.71. The minimum Gasteiger partial charge on any atom is -0.299 e. The van der Waals surface area contributed by atoms with E-state index >= 15 is 0 Å². The lowest BCUT2D eigenvalue weighted by Gasteiger charge is -2.34. The Hall–Kier alpha value is -1.99. The van der Waals surface area contributed by atoms with Crippen LogP contribution < -0.4 is 5.56 Å². The van der Waals surface area contributed by atoms with Crippen molar-refractivity contribution in [2.45, 2.75) is 38.8 Å². The van der Waals surface area contributed by atoms with Crippen molar-refractivity contribution in [1.29, 1.82) is 0 Å². The zero-order valence-electron chi connectivity index (χ0n) is 15.6. The smallest absolute Gasteiger partial charge is 0.266 e. The second-order valence-corrected chi connectivity index (χ2v) is 7.41. The molecule has 0 unspecified atom stereocenters. The molecule has 3 heterocycles. The molecular formula is C19H28N6O. The highest BCUT2D eigenvalue weighted by Gasteiger charge is 2.23. The molecule has 0 spiro atoms. The Labute approximate surface area is 154 Å². The van der Waals surface area contributed by atoms with E-state index in [9.17, 15) is 4.79 Å². The second-order valence-electron chi connectivity index (χ2n) is 7.41. The third-order valence-electron chi connectivity index (χ3n) is 5.70.